The van der Waals surface area contributed by atoms with Crippen molar-refractivity contribution in [2.24, 2.45) is 0 Å². The summed E-state index contributed by atoms with van der Waals surface area (Å²) in [6.45, 7) is 1.35. The summed E-state index contributed by atoms with van der Waals surface area (Å²) in [5, 5.41) is 0. The van der Waals surface area contributed by atoms with E-state index in [4.69, 9.17) is 0 Å². The molecular formula is C7H11NO4S. The number of carbonyl (C=O) groups excluding carboxylic acids is 2. The van der Waals surface area contributed by atoms with E-state index in [1.165, 1.54) is 18.9 Å². The molecule has 0 aromatic rings. The molecule has 1 saturated heterocycles. The van der Waals surface area contributed by atoms with E-state index in [1.54, 1.807) is 0 Å². The standard InChI is InChI=1S/C7H11NO4S/c1-5(9)8-4-13(11)3-6(8)7(10)12-2/h6H,3-4H2,1-2H3. The van der Waals surface area contributed by atoms with Crippen LogP contribution in [-0.2, 0) is 25.1 Å². The van der Waals surface area contributed by atoms with E-state index in [0.717, 1.165) is 0 Å². The minimum Gasteiger partial charge on any atom is -0.467 e. The van der Waals surface area contributed by atoms with Crippen LogP contribution in [0, 0.1) is 0 Å². The van der Waals surface area contributed by atoms with Gasteiger partial charge in [0.25, 0.3) is 0 Å². The first-order chi connectivity index (χ1) is 6.06. The van der Waals surface area contributed by atoms with Crippen molar-refractivity contribution in [3.63, 3.8) is 0 Å². The van der Waals surface area contributed by atoms with Crippen LogP contribution in [0.4, 0.5) is 0 Å². The largest absolute Gasteiger partial charge is 0.467 e. The van der Waals surface area contributed by atoms with Crippen LogP contribution in [0.1, 0.15) is 6.92 Å². The highest BCUT2D eigenvalue weighted by Crippen LogP contribution is 2.13. The Kier molecular flexibility index (Phi) is 3.02. The molecule has 5 nitrogen and oxygen atoms in total. The first-order valence-electron chi connectivity index (χ1n) is 3.76. The number of nitrogens with zero attached hydrogens (tertiary/aromatic N) is 1. The highest BCUT2D eigenvalue weighted by molar-refractivity contribution is 7.85. The second-order valence-corrected chi connectivity index (χ2v) is 4.23. The fourth-order valence-corrected chi connectivity index (χ4v) is 2.65. The molecule has 0 aliphatic carbocycles. The van der Waals surface area contributed by atoms with E-state index in [2.05, 4.69) is 4.74 Å². The summed E-state index contributed by atoms with van der Waals surface area (Å²) in [5.74, 6) is -0.427. The van der Waals surface area contributed by atoms with Crippen LogP contribution in [0.25, 0.3) is 0 Å². The van der Waals surface area contributed by atoms with Crippen LogP contribution in [0.5, 0.6) is 0 Å². The maximum atomic E-state index is 11.1. The summed E-state index contributed by atoms with van der Waals surface area (Å²) in [4.78, 5) is 23.4. The van der Waals surface area contributed by atoms with Gasteiger partial charge < -0.3 is 9.64 Å². The van der Waals surface area contributed by atoms with Crippen molar-refractivity contribution < 1.29 is 18.5 Å². The smallest absolute Gasteiger partial charge is 0.329 e. The van der Waals surface area contributed by atoms with Crippen molar-refractivity contribution in [1.29, 1.82) is 0 Å². The van der Waals surface area contributed by atoms with E-state index in [-0.39, 0.29) is 17.5 Å². The zero-order chi connectivity index (χ0) is 10.0. The van der Waals surface area contributed by atoms with Crippen LogP contribution in [0.15, 0.2) is 0 Å². The van der Waals surface area contributed by atoms with E-state index < -0.39 is 22.8 Å². The van der Waals surface area contributed by atoms with Gasteiger partial charge in [-0.1, -0.05) is 0 Å². The van der Waals surface area contributed by atoms with Gasteiger partial charge in [-0.2, -0.15) is 0 Å². The first kappa shape index (κ1) is 10.2. The second kappa shape index (κ2) is 3.87. The molecule has 2 atom stereocenters. The lowest BCUT2D eigenvalue weighted by molar-refractivity contribution is -0.149. The predicted molar refractivity (Wildman–Crippen MR) is 46.2 cm³/mol. The van der Waals surface area contributed by atoms with Crippen molar-refractivity contribution in [3.05, 3.63) is 0 Å². The summed E-state index contributed by atoms with van der Waals surface area (Å²) in [5.41, 5.74) is 0. The van der Waals surface area contributed by atoms with Gasteiger partial charge in [-0.3, -0.25) is 9.00 Å². The van der Waals surface area contributed by atoms with Gasteiger partial charge in [0, 0.05) is 17.7 Å². The molecule has 0 saturated carbocycles. The number of hydrogen-bond donors (Lipinski definition) is 0. The van der Waals surface area contributed by atoms with Gasteiger partial charge in [-0.15, -0.1) is 0 Å². The Bertz CT molecular complexity index is 265. The topological polar surface area (TPSA) is 63.7 Å². The Morgan fingerprint density at radius 1 is 1.54 bits per heavy atom. The molecule has 0 aromatic carbocycles. The number of carbonyl (C=O) groups is 2. The molecule has 1 heterocycles. The van der Waals surface area contributed by atoms with Gasteiger partial charge in [-0.05, 0) is 0 Å². The Labute approximate surface area is 78.5 Å². The Hall–Kier alpha value is -0.910. The molecule has 0 bridgehead atoms. The summed E-state index contributed by atoms with van der Waals surface area (Å²) in [6.07, 6.45) is 0. The number of rotatable bonds is 1. The van der Waals surface area contributed by atoms with Gasteiger partial charge in [0.1, 0.15) is 6.04 Å². The number of amides is 1. The van der Waals surface area contributed by atoms with Crippen molar-refractivity contribution in [3.8, 4) is 0 Å². The molecule has 74 valence electrons. The Morgan fingerprint density at radius 2 is 2.15 bits per heavy atom. The molecule has 0 radical (unpaired) electrons. The number of methoxy groups -OCH3 is 1. The van der Waals surface area contributed by atoms with E-state index >= 15 is 0 Å². The molecule has 0 spiro atoms. The van der Waals surface area contributed by atoms with Crippen LogP contribution >= 0.6 is 0 Å². The van der Waals surface area contributed by atoms with Gasteiger partial charge in [0.15, 0.2) is 0 Å². The zero-order valence-corrected chi connectivity index (χ0v) is 8.30. The molecule has 0 aromatic heterocycles. The third kappa shape index (κ3) is 2.06. The van der Waals surface area contributed by atoms with Crippen molar-refractivity contribution in [1.82, 2.24) is 4.90 Å². The minimum atomic E-state index is -1.12. The van der Waals surface area contributed by atoms with Crippen LogP contribution in [0.3, 0.4) is 0 Å². The number of esters is 1. The lowest BCUT2D eigenvalue weighted by Crippen LogP contribution is -2.41. The number of hydrogen-bond acceptors (Lipinski definition) is 4. The molecular weight excluding hydrogens is 194 g/mol. The first-order valence-corrected chi connectivity index (χ1v) is 5.25. The lowest BCUT2D eigenvalue weighted by atomic mass is 10.3. The van der Waals surface area contributed by atoms with Gasteiger partial charge >= 0.3 is 5.97 Å². The van der Waals surface area contributed by atoms with E-state index in [9.17, 15) is 13.8 Å². The average Bonchev–Trinajstić information content (AvgIpc) is 2.46. The van der Waals surface area contributed by atoms with E-state index in [1.807, 2.05) is 0 Å². The molecule has 1 rings (SSSR count). The van der Waals surface area contributed by atoms with Crippen molar-refractivity contribution >= 4 is 22.7 Å². The van der Waals surface area contributed by atoms with E-state index in [0.29, 0.717) is 0 Å². The minimum absolute atomic E-state index is 0.134. The third-order valence-electron chi connectivity index (χ3n) is 1.88. The van der Waals surface area contributed by atoms with Gasteiger partial charge in [0.2, 0.25) is 5.91 Å². The zero-order valence-electron chi connectivity index (χ0n) is 7.48. The molecule has 1 fully saturated rings. The Morgan fingerprint density at radius 3 is 2.62 bits per heavy atom. The average molecular weight is 205 g/mol. The maximum Gasteiger partial charge on any atom is 0.329 e. The van der Waals surface area contributed by atoms with Gasteiger partial charge in [0.05, 0.1) is 18.7 Å². The normalized spacial score (nSPS) is 27.4. The highest BCUT2D eigenvalue weighted by Gasteiger charge is 2.37. The fourth-order valence-electron chi connectivity index (χ4n) is 1.21. The highest BCUT2D eigenvalue weighted by atomic mass is 32.2. The van der Waals surface area contributed by atoms with Crippen molar-refractivity contribution in [2.75, 3.05) is 18.7 Å². The third-order valence-corrected chi connectivity index (χ3v) is 3.13. The van der Waals surface area contributed by atoms with Gasteiger partial charge in [-0.25, -0.2) is 4.79 Å². The summed E-state index contributed by atoms with van der Waals surface area (Å²) in [7, 11) is 0.130. The molecule has 2 unspecified atom stereocenters. The van der Waals surface area contributed by atoms with Crippen LogP contribution in [0.2, 0.25) is 0 Å². The monoisotopic (exact) mass is 205 g/mol. The molecule has 1 aliphatic rings. The number of ether oxygens (including phenoxy) is 1. The molecule has 6 heteroatoms. The Balaban J connectivity index is 2.77. The second-order valence-electron chi connectivity index (χ2n) is 2.76. The fraction of sp³-hybridized carbons (Fsp3) is 0.714. The summed E-state index contributed by atoms with van der Waals surface area (Å²) < 4.78 is 15.6. The van der Waals surface area contributed by atoms with Crippen LogP contribution < -0.4 is 0 Å². The summed E-state index contributed by atoms with van der Waals surface area (Å²) >= 11 is 0. The molecule has 0 N–H and O–H groups in total. The maximum absolute atomic E-state index is 11.1. The van der Waals surface area contributed by atoms with Crippen LogP contribution in [-0.4, -0.2) is 45.8 Å². The molecule has 13 heavy (non-hydrogen) atoms. The molecule has 1 aliphatic heterocycles. The van der Waals surface area contributed by atoms with Crippen molar-refractivity contribution in [2.45, 2.75) is 13.0 Å². The summed E-state index contributed by atoms with van der Waals surface area (Å²) in [6, 6.07) is -0.664. The SMILES string of the molecule is COC(=O)C1CS(=O)CN1C(C)=O. The lowest BCUT2D eigenvalue weighted by Gasteiger charge is -2.18. The molecule has 1 amide bonds. The predicted octanol–water partition coefficient (Wildman–Crippen LogP) is -0.904. The quantitative estimate of drug-likeness (QED) is 0.520.